The number of carbonyl (C=O) groups is 3. The molecule has 0 radical (unpaired) electrons. The number of rotatable bonds is 4. The van der Waals surface area contributed by atoms with Gasteiger partial charge in [-0.1, -0.05) is 12.1 Å². The van der Waals surface area contributed by atoms with E-state index in [-0.39, 0.29) is 16.5 Å². The largest absolute Gasteiger partial charge is 0.481 e. The van der Waals surface area contributed by atoms with E-state index in [4.69, 9.17) is 4.74 Å². The van der Waals surface area contributed by atoms with Crippen molar-refractivity contribution < 1.29 is 23.5 Å². The Morgan fingerprint density at radius 3 is 2.92 bits per heavy atom. The molecule has 0 unspecified atom stereocenters. The minimum atomic E-state index is -0.627. The van der Waals surface area contributed by atoms with E-state index in [1.54, 1.807) is 22.7 Å². The van der Waals surface area contributed by atoms with Crippen molar-refractivity contribution in [1.82, 2.24) is 15.8 Å². The quantitative estimate of drug-likeness (QED) is 0.769. The van der Waals surface area contributed by atoms with Crippen LogP contribution < -0.4 is 15.6 Å². The van der Waals surface area contributed by atoms with Gasteiger partial charge in [-0.3, -0.25) is 25.2 Å². The van der Waals surface area contributed by atoms with Gasteiger partial charge >= 0.3 is 0 Å². The van der Waals surface area contributed by atoms with Crippen LogP contribution in [-0.4, -0.2) is 45.9 Å². The summed E-state index contributed by atoms with van der Waals surface area (Å²) in [6, 6.07) is 5.10. The van der Waals surface area contributed by atoms with Crippen LogP contribution >= 0.6 is 11.8 Å². The van der Waals surface area contributed by atoms with Crippen LogP contribution in [0.2, 0.25) is 0 Å². The van der Waals surface area contributed by atoms with Crippen molar-refractivity contribution in [3.8, 4) is 5.75 Å². The number of benzene rings is 1. The lowest BCUT2D eigenvalue weighted by atomic mass is 10.2. The highest BCUT2D eigenvalue weighted by Crippen LogP contribution is 2.47. The fourth-order valence-electron chi connectivity index (χ4n) is 2.97. The number of halogens is 1. The first-order chi connectivity index (χ1) is 11.9. The van der Waals surface area contributed by atoms with Gasteiger partial charge in [-0.15, -0.1) is 11.8 Å². The summed E-state index contributed by atoms with van der Waals surface area (Å²) in [6.45, 7) is 1.50. The highest BCUT2D eigenvalue weighted by molar-refractivity contribution is 8.01. The van der Waals surface area contributed by atoms with E-state index >= 15 is 0 Å². The summed E-state index contributed by atoms with van der Waals surface area (Å²) in [5.41, 5.74) is 4.53. The van der Waals surface area contributed by atoms with Crippen molar-refractivity contribution in [1.29, 1.82) is 0 Å². The zero-order valence-corrected chi connectivity index (χ0v) is 14.4. The van der Waals surface area contributed by atoms with Crippen LogP contribution in [0.3, 0.4) is 0 Å². The molecule has 2 atom stereocenters. The predicted octanol–water partition coefficient (Wildman–Crippen LogP) is 0.806. The van der Waals surface area contributed by atoms with Gasteiger partial charge < -0.3 is 9.64 Å². The van der Waals surface area contributed by atoms with Crippen LogP contribution in [0, 0.1) is 5.82 Å². The molecular formula is C16H18FN3O4S. The van der Waals surface area contributed by atoms with E-state index in [1.807, 2.05) is 6.92 Å². The Bertz CT molecular complexity index is 716. The Kier molecular flexibility index (Phi) is 4.85. The Morgan fingerprint density at radius 2 is 2.16 bits per heavy atom. The molecule has 0 spiro atoms. The molecular weight excluding hydrogens is 349 g/mol. The normalized spacial score (nSPS) is 24.8. The van der Waals surface area contributed by atoms with Crippen molar-refractivity contribution in [3.63, 3.8) is 0 Å². The zero-order valence-electron chi connectivity index (χ0n) is 13.6. The molecule has 0 aromatic heterocycles. The Labute approximate surface area is 148 Å². The number of hydrogen-bond acceptors (Lipinski definition) is 5. The molecule has 3 rings (SSSR count). The number of amides is 3. The van der Waals surface area contributed by atoms with E-state index in [2.05, 4.69) is 10.9 Å². The number of para-hydroxylation sites is 1. The third-order valence-electron chi connectivity index (χ3n) is 4.27. The summed E-state index contributed by atoms with van der Waals surface area (Å²) < 4.78 is 18.4. The van der Waals surface area contributed by atoms with E-state index in [0.29, 0.717) is 18.6 Å². The molecule has 7 nitrogen and oxygen atoms in total. The van der Waals surface area contributed by atoms with Gasteiger partial charge in [0.1, 0.15) is 6.04 Å². The highest BCUT2D eigenvalue weighted by atomic mass is 32.2. The fraction of sp³-hybridized carbons (Fsp3) is 0.438. The molecule has 0 saturated carbocycles. The fourth-order valence-corrected chi connectivity index (χ4v) is 4.40. The third kappa shape index (κ3) is 3.55. The SMILES string of the molecule is C[C@]12CCC(=O)N1[C@H](C(=O)NNC(=O)COc1ccccc1F)CS2. The number of hydrogen-bond donors (Lipinski definition) is 2. The maximum absolute atomic E-state index is 13.4. The van der Waals surface area contributed by atoms with Crippen LogP contribution in [-0.2, 0) is 14.4 Å². The Balaban J connectivity index is 1.48. The number of thioether (sulfide) groups is 1. The molecule has 0 aliphatic carbocycles. The summed E-state index contributed by atoms with van der Waals surface area (Å²) in [5.74, 6) is -1.27. The number of hydrazine groups is 1. The average Bonchev–Trinajstić information content (AvgIpc) is 3.08. The summed E-state index contributed by atoms with van der Waals surface area (Å²) in [5, 5.41) is 0. The smallest absolute Gasteiger partial charge is 0.276 e. The van der Waals surface area contributed by atoms with Crippen LogP contribution in [0.25, 0.3) is 0 Å². The molecule has 2 fully saturated rings. The van der Waals surface area contributed by atoms with Crippen LogP contribution in [0.5, 0.6) is 5.75 Å². The number of fused-ring (bicyclic) bond motifs is 1. The van der Waals surface area contributed by atoms with Crippen LogP contribution in [0.4, 0.5) is 4.39 Å². The molecule has 2 aliphatic heterocycles. The van der Waals surface area contributed by atoms with Crippen LogP contribution in [0.1, 0.15) is 19.8 Å². The van der Waals surface area contributed by atoms with Crippen molar-refractivity contribution in [3.05, 3.63) is 30.1 Å². The van der Waals surface area contributed by atoms with Crippen molar-refractivity contribution in [2.24, 2.45) is 0 Å². The lowest BCUT2D eigenvalue weighted by Crippen LogP contribution is -2.54. The predicted molar refractivity (Wildman–Crippen MR) is 88.9 cm³/mol. The third-order valence-corrected chi connectivity index (χ3v) is 5.77. The monoisotopic (exact) mass is 367 g/mol. The van der Waals surface area contributed by atoms with Gasteiger partial charge in [-0.05, 0) is 25.5 Å². The van der Waals surface area contributed by atoms with E-state index in [9.17, 15) is 18.8 Å². The second-order valence-corrected chi connectivity index (χ2v) is 7.52. The van der Waals surface area contributed by atoms with E-state index in [1.165, 1.54) is 18.2 Å². The van der Waals surface area contributed by atoms with Gasteiger partial charge in [0, 0.05) is 12.2 Å². The summed E-state index contributed by atoms with van der Waals surface area (Å²) >= 11 is 1.56. The standard InChI is InChI=1S/C16H18FN3O4S/c1-16-7-6-14(22)20(16)11(9-25-16)15(23)19-18-13(21)8-24-12-5-3-2-4-10(12)17/h2-5,11H,6-9H2,1H3,(H,18,21)(H,19,23)/t11-,16-/m0/s1. The minimum Gasteiger partial charge on any atom is -0.481 e. The second kappa shape index (κ2) is 6.91. The molecule has 1 aromatic rings. The van der Waals surface area contributed by atoms with Gasteiger partial charge in [-0.25, -0.2) is 4.39 Å². The first-order valence-corrected chi connectivity index (χ1v) is 8.81. The molecule has 2 aliphatic rings. The average molecular weight is 367 g/mol. The molecule has 9 heteroatoms. The minimum absolute atomic E-state index is 0.0467. The number of nitrogens with zero attached hydrogens (tertiary/aromatic N) is 1. The zero-order chi connectivity index (χ0) is 18.0. The van der Waals surface area contributed by atoms with E-state index in [0.717, 1.165) is 0 Å². The van der Waals surface area contributed by atoms with Crippen LogP contribution in [0.15, 0.2) is 24.3 Å². The maximum Gasteiger partial charge on any atom is 0.276 e. The molecule has 134 valence electrons. The van der Waals surface area contributed by atoms with Gasteiger partial charge in [0.2, 0.25) is 5.91 Å². The molecule has 2 heterocycles. The Morgan fingerprint density at radius 1 is 1.40 bits per heavy atom. The molecule has 0 bridgehead atoms. The van der Waals surface area contributed by atoms with Gasteiger partial charge in [-0.2, -0.15) is 0 Å². The molecule has 2 N–H and O–H groups in total. The lowest BCUT2D eigenvalue weighted by Gasteiger charge is -2.29. The number of nitrogens with one attached hydrogen (secondary N) is 2. The van der Waals surface area contributed by atoms with Gasteiger partial charge in [0.15, 0.2) is 18.2 Å². The molecule has 25 heavy (non-hydrogen) atoms. The number of carbonyl (C=O) groups excluding carboxylic acids is 3. The first-order valence-electron chi connectivity index (χ1n) is 7.83. The van der Waals surface area contributed by atoms with Crippen molar-refractivity contribution in [2.45, 2.75) is 30.7 Å². The van der Waals surface area contributed by atoms with Crippen molar-refractivity contribution >= 4 is 29.5 Å². The summed E-state index contributed by atoms with van der Waals surface area (Å²) in [6.07, 6.45) is 1.14. The summed E-state index contributed by atoms with van der Waals surface area (Å²) in [7, 11) is 0. The lowest BCUT2D eigenvalue weighted by molar-refractivity contribution is -0.139. The van der Waals surface area contributed by atoms with Gasteiger partial charge in [0.05, 0.1) is 4.87 Å². The Hall–Kier alpha value is -2.29. The summed E-state index contributed by atoms with van der Waals surface area (Å²) in [4.78, 5) is 37.3. The second-order valence-electron chi connectivity index (χ2n) is 6.02. The topological polar surface area (TPSA) is 87.7 Å². The van der Waals surface area contributed by atoms with Gasteiger partial charge in [0.25, 0.3) is 11.8 Å². The molecule has 1 aromatic carbocycles. The first kappa shape index (κ1) is 17.5. The highest BCUT2D eigenvalue weighted by Gasteiger charge is 2.52. The van der Waals surface area contributed by atoms with Crippen molar-refractivity contribution in [2.75, 3.05) is 12.4 Å². The number of ether oxygens (including phenoxy) is 1. The molecule has 2 saturated heterocycles. The maximum atomic E-state index is 13.4. The molecule has 3 amide bonds. The van der Waals surface area contributed by atoms with E-state index < -0.39 is 30.3 Å².